The first-order chi connectivity index (χ1) is 25.6. The molecule has 0 N–H and O–H groups in total. The van der Waals surface area contributed by atoms with Crippen LogP contribution in [-0.2, 0) is 0 Å². The molecule has 0 aliphatic carbocycles. The van der Waals surface area contributed by atoms with Crippen molar-refractivity contribution in [1.82, 2.24) is 0 Å². The van der Waals surface area contributed by atoms with Gasteiger partial charge in [-0.25, -0.2) is 0 Å². The van der Waals surface area contributed by atoms with Crippen molar-refractivity contribution in [1.29, 1.82) is 0 Å². The maximum absolute atomic E-state index is 4.72. The molecule has 0 saturated heterocycles. The van der Waals surface area contributed by atoms with Gasteiger partial charge in [0, 0.05) is 0 Å². The van der Waals surface area contributed by atoms with Crippen LogP contribution in [0, 0.1) is 7.87 Å². The Bertz CT molecular complexity index is 606. The van der Waals surface area contributed by atoms with E-state index >= 15 is 0 Å². The molecule has 0 bridgehead atoms. The number of rotatable bonds is 42. The predicted molar refractivity (Wildman–Crippen MR) is 248 cm³/mol. The molecule has 0 aromatic heterocycles. The van der Waals surface area contributed by atoms with Gasteiger partial charge >= 0.3 is 344 Å². The van der Waals surface area contributed by atoms with Crippen LogP contribution in [0.4, 0.5) is 0 Å². The van der Waals surface area contributed by atoms with Crippen molar-refractivity contribution < 1.29 is 0 Å². The molecule has 0 aliphatic rings. The fraction of sp³-hybridized carbons (Fsp3) is 0.960. The van der Waals surface area contributed by atoms with Crippen molar-refractivity contribution >= 4 is 36.8 Å². The van der Waals surface area contributed by atoms with Crippen molar-refractivity contribution in [3.8, 4) is 7.87 Å². The minimum absolute atomic E-state index is 1.37. The summed E-state index contributed by atoms with van der Waals surface area (Å²) in [6, 6.07) is 0. The molecule has 0 spiro atoms. The van der Waals surface area contributed by atoms with Crippen molar-refractivity contribution in [2.45, 2.75) is 299 Å². The fourth-order valence-corrected chi connectivity index (χ4v) is 42.8. The van der Waals surface area contributed by atoms with E-state index < -0.39 is 36.8 Å². The molecule has 0 saturated carbocycles. The summed E-state index contributed by atoms with van der Waals surface area (Å²) in [6.45, 7) is 14.2. The van der Waals surface area contributed by atoms with Gasteiger partial charge in [0.25, 0.3) is 0 Å². The van der Waals surface area contributed by atoms with E-state index in [1.807, 2.05) is 0 Å². The first-order valence-corrected chi connectivity index (χ1v) is 40.1. The third kappa shape index (κ3) is 33.3. The number of unbranched alkanes of at least 4 members (excludes halogenated alkanes) is 30. The van der Waals surface area contributed by atoms with Gasteiger partial charge < -0.3 is 0 Å². The van der Waals surface area contributed by atoms with E-state index in [1.165, 1.54) is 231 Å². The third-order valence-corrected chi connectivity index (χ3v) is 40.9. The molecule has 0 nitrogen and oxygen atoms in total. The Kier molecular flexibility index (Phi) is 42.7. The van der Waals surface area contributed by atoms with Gasteiger partial charge in [0.15, 0.2) is 0 Å². The van der Waals surface area contributed by atoms with Gasteiger partial charge in [-0.15, -0.1) is 0 Å². The molecular formula is C50H102Sn2. The topological polar surface area (TPSA) is 0 Å². The Hall–Kier alpha value is 1.16. The Morgan fingerprint density at radius 1 is 0.192 bits per heavy atom. The Morgan fingerprint density at radius 3 is 0.481 bits per heavy atom. The SMILES string of the molecule is CCCCCCC[CH2][Sn]([C]#[C][Sn]([CH2]CCCCCCC)([CH2]CCCCCCC)[CH2]CCCCCCC)([CH2]CCCCCCC)[CH2]CCCCCCC. The Labute approximate surface area is 341 Å². The third-order valence-electron chi connectivity index (χ3n) is 12.6. The van der Waals surface area contributed by atoms with Gasteiger partial charge in [-0.2, -0.15) is 0 Å². The van der Waals surface area contributed by atoms with Crippen LogP contribution in [0.15, 0.2) is 0 Å². The number of hydrogen-bond donors (Lipinski definition) is 0. The van der Waals surface area contributed by atoms with Crippen LogP contribution in [0.2, 0.25) is 26.6 Å². The molecule has 0 aliphatic heterocycles. The van der Waals surface area contributed by atoms with Gasteiger partial charge in [0.05, 0.1) is 0 Å². The average Bonchev–Trinajstić information content (AvgIpc) is 3.15. The van der Waals surface area contributed by atoms with Gasteiger partial charge in [-0.3, -0.25) is 0 Å². The summed E-state index contributed by atoms with van der Waals surface area (Å²) in [6.07, 6.45) is 52.7. The van der Waals surface area contributed by atoms with Crippen LogP contribution < -0.4 is 0 Å². The second-order valence-corrected chi connectivity index (χ2v) is 42.5. The maximum atomic E-state index is 4.72. The quantitative estimate of drug-likeness (QED) is 0.0325. The average molecular weight is 941 g/mol. The molecule has 0 atom stereocenters. The fourth-order valence-electron chi connectivity index (χ4n) is 8.85. The molecule has 0 amide bonds. The summed E-state index contributed by atoms with van der Waals surface area (Å²) in [7, 11) is 0. The second kappa shape index (κ2) is 41.8. The summed E-state index contributed by atoms with van der Waals surface area (Å²) >= 11 is -5.20. The van der Waals surface area contributed by atoms with Gasteiger partial charge in [0.2, 0.25) is 0 Å². The number of hydrogen-bond acceptors (Lipinski definition) is 0. The van der Waals surface area contributed by atoms with Gasteiger partial charge in [-0.1, -0.05) is 0 Å². The molecule has 2 heteroatoms. The summed E-state index contributed by atoms with van der Waals surface area (Å²) in [5.41, 5.74) is 0. The molecule has 0 fully saturated rings. The summed E-state index contributed by atoms with van der Waals surface area (Å²) in [5.74, 6) is 0. The monoisotopic (exact) mass is 943 g/mol. The standard InChI is InChI=1S/6C8H17.C2.2Sn/c6*1-3-5-7-8-6-4-2;1-2;;/h6*1,3-8H2,2H3;;;. The van der Waals surface area contributed by atoms with E-state index in [0.717, 1.165) is 0 Å². The molecule has 0 unspecified atom stereocenters. The zero-order valence-electron chi connectivity index (χ0n) is 37.7. The van der Waals surface area contributed by atoms with Crippen molar-refractivity contribution in [2.24, 2.45) is 0 Å². The Balaban J connectivity index is 6.45. The molecule has 0 radical (unpaired) electrons. The first-order valence-electron chi connectivity index (χ1n) is 25.1. The minimum atomic E-state index is -2.60. The second-order valence-electron chi connectivity index (χ2n) is 17.9. The zero-order chi connectivity index (χ0) is 38.1. The summed E-state index contributed by atoms with van der Waals surface area (Å²) in [5, 5.41) is 0. The van der Waals surface area contributed by atoms with Crippen LogP contribution in [-0.4, -0.2) is 36.8 Å². The molecule has 0 aromatic carbocycles. The molecule has 310 valence electrons. The van der Waals surface area contributed by atoms with Crippen LogP contribution in [0.1, 0.15) is 273 Å². The molecule has 0 rings (SSSR count). The van der Waals surface area contributed by atoms with Crippen molar-refractivity contribution in [2.75, 3.05) is 0 Å². The first kappa shape index (κ1) is 53.2. The molecule has 0 heterocycles. The van der Waals surface area contributed by atoms with E-state index in [2.05, 4.69) is 41.5 Å². The van der Waals surface area contributed by atoms with E-state index in [1.54, 1.807) is 26.6 Å². The normalized spacial score (nSPS) is 12.0. The summed E-state index contributed by atoms with van der Waals surface area (Å²) in [4.78, 5) is 0. The van der Waals surface area contributed by atoms with E-state index in [-0.39, 0.29) is 0 Å². The van der Waals surface area contributed by atoms with Crippen LogP contribution in [0.3, 0.4) is 0 Å². The molecular weight excluding hydrogens is 838 g/mol. The van der Waals surface area contributed by atoms with Gasteiger partial charge in [0.1, 0.15) is 0 Å². The van der Waals surface area contributed by atoms with E-state index in [4.69, 9.17) is 7.87 Å². The van der Waals surface area contributed by atoms with Crippen LogP contribution >= 0.6 is 0 Å². The molecule has 0 aromatic rings. The van der Waals surface area contributed by atoms with E-state index in [9.17, 15) is 0 Å². The van der Waals surface area contributed by atoms with Crippen LogP contribution in [0.25, 0.3) is 0 Å². The van der Waals surface area contributed by atoms with E-state index in [0.29, 0.717) is 0 Å². The van der Waals surface area contributed by atoms with Crippen LogP contribution in [0.5, 0.6) is 0 Å². The zero-order valence-corrected chi connectivity index (χ0v) is 43.4. The predicted octanol–water partition coefficient (Wildman–Crippen LogP) is 19.1. The summed E-state index contributed by atoms with van der Waals surface area (Å²) < 4.78 is 19.1. The van der Waals surface area contributed by atoms with Crippen molar-refractivity contribution in [3.05, 3.63) is 0 Å². The van der Waals surface area contributed by atoms with Gasteiger partial charge in [-0.05, 0) is 0 Å². The molecule has 52 heavy (non-hydrogen) atoms. The van der Waals surface area contributed by atoms with Crippen molar-refractivity contribution in [3.63, 3.8) is 0 Å². The Morgan fingerprint density at radius 2 is 0.327 bits per heavy atom.